The number of ether oxygens (including phenoxy) is 1. The SMILES string of the molecule is CC[C@@H](C(=O)NCC(C)C)N(Cc1cccc(C)c1)C(=O)Cc1ccc(OC)cc1. The van der Waals surface area contributed by atoms with Gasteiger partial charge in [0.15, 0.2) is 0 Å². The molecule has 2 aromatic rings. The van der Waals surface area contributed by atoms with Crippen LogP contribution >= 0.6 is 0 Å². The minimum atomic E-state index is -0.505. The van der Waals surface area contributed by atoms with E-state index >= 15 is 0 Å². The number of hydrogen-bond donors (Lipinski definition) is 1. The van der Waals surface area contributed by atoms with Gasteiger partial charge in [-0.25, -0.2) is 0 Å². The number of nitrogens with zero attached hydrogens (tertiary/aromatic N) is 1. The first kappa shape index (κ1) is 23.5. The maximum atomic E-state index is 13.3. The van der Waals surface area contributed by atoms with Gasteiger partial charge in [0.25, 0.3) is 0 Å². The summed E-state index contributed by atoms with van der Waals surface area (Å²) in [5.41, 5.74) is 3.05. The Hall–Kier alpha value is -2.82. The molecule has 30 heavy (non-hydrogen) atoms. The third-order valence-electron chi connectivity index (χ3n) is 5.02. The van der Waals surface area contributed by atoms with Crippen molar-refractivity contribution in [3.05, 3.63) is 65.2 Å². The van der Waals surface area contributed by atoms with Crippen LogP contribution in [-0.2, 0) is 22.6 Å². The van der Waals surface area contributed by atoms with Crippen molar-refractivity contribution in [2.24, 2.45) is 5.92 Å². The van der Waals surface area contributed by atoms with E-state index in [9.17, 15) is 9.59 Å². The Morgan fingerprint density at radius 3 is 2.33 bits per heavy atom. The second-order valence-corrected chi connectivity index (χ2v) is 8.10. The first-order valence-corrected chi connectivity index (χ1v) is 10.6. The molecule has 2 rings (SSSR count). The molecular weight excluding hydrogens is 376 g/mol. The van der Waals surface area contributed by atoms with Crippen LogP contribution in [0.5, 0.6) is 5.75 Å². The Kier molecular flexibility index (Phi) is 8.90. The third kappa shape index (κ3) is 6.90. The monoisotopic (exact) mass is 410 g/mol. The molecule has 0 unspecified atom stereocenters. The highest BCUT2D eigenvalue weighted by Gasteiger charge is 2.28. The second-order valence-electron chi connectivity index (χ2n) is 8.10. The average molecular weight is 411 g/mol. The number of nitrogens with one attached hydrogen (secondary N) is 1. The predicted octanol–water partition coefficient (Wildman–Crippen LogP) is 4.13. The fraction of sp³-hybridized carbons (Fsp3) is 0.440. The normalized spacial score (nSPS) is 11.8. The number of carbonyl (C=O) groups is 2. The lowest BCUT2D eigenvalue weighted by molar-refractivity contribution is -0.141. The molecule has 162 valence electrons. The fourth-order valence-corrected chi connectivity index (χ4v) is 3.37. The molecule has 0 aliphatic carbocycles. The summed E-state index contributed by atoms with van der Waals surface area (Å²) < 4.78 is 5.20. The Labute approximate surface area is 180 Å². The molecule has 0 saturated heterocycles. The molecule has 0 heterocycles. The molecule has 0 radical (unpaired) electrons. The zero-order valence-electron chi connectivity index (χ0n) is 18.8. The van der Waals surface area contributed by atoms with Crippen LogP contribution in [0.1, 0.15) is 43.9 Å². The lowest BCUT2D eigenvalue weighted by Gasteiger charge is -2.31. The molecule has 0 fully saturated rings. The van der Waals surface area contributed by atoms with Gasteiger partial charge in [-0.1, -0.05) is 62.7 Å². The summed E-state index contributed by atoms with van der Waals surface area (Å²) in [4.78, 5) is 27.9. The Balaban J connectivity index is 2.25. The lowest BCUT2D eigenvalue weighted by Crippen LogP contribution is -2.50. The number of aryl methyl sites for hydroxylation is 1. The van der Waals surface area contributed by atoms with E-state index in [1.54, 1.807) is 12.0 Å². The van der Waals surface area contributed by atoms with E-state index in [2.05, 4.69) is 25.2 Å². The maximum Gasteiger partial charge on any atom is 0.242 e. The predicted molar refractivity (Wildman–Crippen MR) is 120 cm³/mol. The van der Waals surface area contributed by atoms with Crippen molar-refractivity contribution in [3.63, 3.8) is 0 Å². The van der Waals surface area contributed by atoms with Gasteiger partial charge in [0.2, 0.25) is 11.8 Å². The zero-order valence-corrected chi connectivity index (χ0v) is 18.8. The van der Waals surface area contributed by atoms with E-state index in [-0.39, 0.29) is 18.2 Å². The highest BCUT2D eigenvalue weighted by Crippen LogP contribution is 2.17. The molecule has 5 nitrogen and oxygen atoms in total. The van der Waals surface area contributed by atoms with Crippen LogP contribution in [0.2, 0.25) is 0 Å². The number of methoxy groups -OCH3 is 1. The molecule has 1 atom stereocenters. The summed E-state index contributed by atoms with van der Waals surface area (Å²) >= 11 is 0. The third-order valence-corrected chi connectivity index (χ3v) is 5.02. The van der Waals surface area contributed by atoms with Crippen LogP contribution in [0.4, 0.5) is 0 Å². The molecule has 0 aromatic heterocycles. The van der Waals surface area contributed by atoms with Gasteiger partial charge in [0, 0.05) is 13.1 Å². The molecule has 0 bridgehead atoms. The van der Waals surface area contributed by atoms with Gasteiger partial charge < -0.3 is 15.0 Å². The molecule has 0 aliphatic heterocycles. The fourth-order valence-electron chi connectivity index (χ4n) is 3.37. The summed E-state index contributed by atoms with van der Waals surface area (Å²) in [5.74, 6) is 0.948. The van der Waals surface area contributed by atoms with Crippen LogP contribution < -0.4 is 10.1 Å². The standard InChI is InChI=1S/C25H34N2O3/c1-6-23(25(29)26-16-18(2)3)27(17-21-9-7-8-19(4)14-21)24(28)15-20-10-12-22(30-5)13-11-20/h7-14,18,23H,6,15-17H2,1-5H3,(H,26,29)/t23-/m0/s1. The number of rotatable bonds is 10. The topological polar surface area (TPSA) is 58.6 Å². The highest BCUT2D eigenvalue weighted by atomic mass is 16.5. The summed E-state index contributed by atoms with van der Waals surface area (Å²) in [6.07, 6.45) is 0.799. The molecule has 5 heteroatoms. The molecule has 1 N–H and O–H groups in total. The van der Waals surface area contributed by atoms with Gasteiger partial charge in [-0.15, -0.1) is 0 Å². The minimum Gasteiger partial charge on any atom is -0.497 e. The first-order chi connectivity index (χ1) is 14.3. The Bertz CT molecular complexity index is 831. The zero-order chi connectivity index (χ0) is 22.1. The Morgan fingerprint density at radius 2 is 1.77 bits per heavy atom. The van der Waals surface area contributed by atoms with Crippen molar-refractivity contribution in [1.82, 2.24) is 10.2 Å². The molecule has 0 aliphatic rings. The van der Waals surface area contributed by atoms with Gasteiger partial charge in [0.05, 0.1) is 13.5 Å². The molecule has 2 aromatic carbocycles. The van der Waals surface area contributed by atoms with Gasteiger partial charge in [0.1, 0.15) is 11.8 Å². The van der Waals surface area contributed by atoms with Crippen LogP contribution in [-0.4, -0.2) is 36.4 Å². The lowest BCUT2D eigenvalue weighted by atomic mass is 10.1. The Morgan fingerprint density at radius 1 is 1.07 bits per heavy atom. The van der Waals surface area contributed by atoms with Crippen molar-refractivity contribution < 1.29 is 14.3 Å². The maximum absolute atomic E-state index is 13.3. The smallest absolute Gasteiger partial charge is 0.242 e. The van der Waals surface area contributed by atoms with E-state index in [1.807, 2.05) is 56.3 Å². The average Bonchev–Trinajstić information content (AvgIpc) is 2.72. The van der Waals surface area contributed by atoms with Gasteiger partial charge in [-0.3, -0.25) is 9.59 Å². The van der Waals surface area contributed by atoms with E-state index in [1.165, 1.54) is 0 Å². The van der Waals surface area contributed by atoms with E-state index in [0.29, 0.717) is 25.4 Å². The van der Waals surface area contributed by atoms with Gasteiger partial charge in [-0.05, 0) is 42.5 Å². The minimum absolute atomic E-state index is 0.0618. The van der Waals surface area contributed by atoms with Crippen molar-refractivity contribution in [3.8, 4) is 5.75 Å². The van der Waals surface area contributed by atoms with Crippen LogP contribution in [0.3, 0.4) is 0 Å². The molecule has 0 spiro atoms. The summed E-state index contributed by atoms with van der Waals surface area (Å²) in [6, 6.07) is 15.0. The number of amides is 2. The van der Waals surface area contributed by atoms with Crippen molar-refractivity contribution in [1.29, 1.82) is 0 Å². The van der Waals surface area contributed by atoms with Gasteiger partial charge >= 0.3 is 0 Å². The summed E-state index contributed by atoms with van der Waals surface area (Å²) in [6.45, 7) is 9.09. The number of benzene rings is 2. The van der Waals surface area contributed by atoms with E-state index < -0.39 is 6.04 Å². The molecule has 0 saturated carbocycles. The molecule has 2 amide bonds. The number of hydrogen-bond acceptors (Lipinski definition) is 3. The quantitative estimate of drug-likeness (QED) is 0.641. The van der Waals surface area contributed by atoms with Crippen molar-refractivity contribution >= 4 is 11.8 Å². The largest absolute Gasteiger partial charge is 0.497 e. The van der Waals surface area contributed by atoms with E-state index in [4.69, 9.17) is 4.74 Å². The van der Waals surface area contributed by atoms with Gasteiger partial charge in [-0.2, -0.15) is 0 Å². The highest BCUT2D eigenvalue weighted by molar-refractivity contribution is 5.88. The number of carbonyl (C=O) groups excluding carboxylic acids is 2. The second kappa shape index (κ2) is 11.4. The van der Waals surface area contributed by atoms with E-state index in [0.717, 1.165) is 22.4 Å². The van der Waals surface area contributed by atoms with Crippen molar-refractivity contribution in [2.75, 3.05) is 13.7 Å². The summed E-state index contributed by atoms with van der Waals surface area (Å²) in [5, 5.41) is 3.00. The first-order valence-electron chi connectivity index (χ1n) is 10.6. The summed E-state index contributed by atoms with van der Waals surface area (Å²) in [7, 11) is 1.62. The van der Waals surface area contributed by atoms with Crippen LogP contribution in [0.15, 0.2) is 48.5 Å². The van der Waals surface area contributed by atoms with Crippen molar-refractivity contribution in [2.45, 2.75) is 53.1 Å². The molecular formula is C25H34N2O3. The van der Waals surface area contributed by atoms with Crippen LogP contribution in [0.25, 0.3) is 0 Å². The van der Waals surface area contributed by atoms with Crippen LogP contribution in [0, 0.1) is 12.8 Å².